The molecule has 2 aromatic rings. The normalized spacial score (nSPS) is 32.8. The van der Waals surface area contributed by atoms with Gasteiger partial charge in [-0.15, -0.1) is 0 Å². The van der Waals surface area contributed by atoms with Crippen molar-refractivity contribution in [2.45, 2.75) is 123 Å². The lowest BCUT2D eigenvalue weighted by atomic mass is 9.41. The van der Waals surface area contributed by atoms with Crippen molar-refractivity contribution in [3.8, 4) is 0 Å². The average Bonchev–Trinajstić information content (AvgIpc) is 3.20. The van der Waals surface area contributed by atoms with Crippen molar-refractivity contribution < 1.29 is 63.0 Å². The number of hydrogen-bond acceptors (Lipinski definition) is 13. The van der Waals surface area contributed by atoms with Crippen LogP contribution in [0, 0.1) is 28.1 Å². The number of fused-ring (bicyclic) bond motifs is 5. The summed E-state index contributed by atoms with van der Waals surface area (Å²) in [7, 11) is 0. The molecular weight excluding hydrogens is 789 g/mol. The third-order valence-corrected chi connectivity index (χ3v) is 13.8. The Bertz CT molecular complexity index is 2070. The number of carbonyl (C=O) groups is 6. The molecule has 2 bridgehead atoms. The summed E-state index contributed by atoms with van der Waals surface area (Å²) in [5, 5.41) is 40.2. The second-order valence-electron chi connectivity index (χ2n) is 18.2. The van der Waals surface area contributed by atoms with Gasteiger partial charge in [0.05, 0.1) is 42.3 Å². The summed E-state index contributed by atoms with van der Waals surface area (Å²) in [5.41, 5.74) is -4.34. The Kier molecular flexibility index (Phi) is 12.7. The molecule has 4 unspecified atom stereocenters. The van der Waals surface area contributed by atoms with Crippen molar-refractivity contribution in [1.82, 2.24) is 10.6 Å². The summed E-state index contributed by atoms with van der Waals surface area (Å²) in [6, 6.07) is 15.2. The maximum absolute atomic E-state index is 15.2. The number of benzene rings is 2. The van der Waals surface area contributed by atoms with Gasteiger partial charge in [-0.3, -0.25) is 19.2 Å². The molecule has 15 nitrogen and oxygen atoms in total. The molecule has 2 aromatic carbocycles. The van der Waals surface area contributed by atoms with Crippen molar-refractivity contribution in [2.24, 2.45) is 28.1 Å². The van der Waals surface area contributed by atoms with Crippen LogP contribution in [0.5, 0.6) is 0 Å². The van der Waals surface area contributed by atoms with Gasteiger partial charge < -0.3 is 44.9 Å². The van der Waals surface area contributed by atoms with E-state index in [9.17, 15) is 39.3 Å². The van der Waals surface area contributed by atoms with Crippen molar-refractivity contribution in [3.05, 3.63) is 82.9 Å². The van der Waals surface area contributed by atoms with E-state index in [2.05, 4.69) is 10.6 Å². The lowest BCUT2D eigenvalue weighted by Crippen LogP contribution is -2.77. The number of Topliss-reactive ketones (excluding diaryl/α,β-unsaturated/α-hetero) is 1. The summed E-state index contributed by atoms with van der Waals surface area (Å²) in [6.07, 6.45) is -7.82. The predicted molar refractivity (Wildman–Crippen MR) is 218 cm³/mol. The van der Waals surface area contributed by atoms with Crippen LogP contribution in [0.25, 0.3) is 0 Å². The van der Waals surface area contributed by atoms with Crippen LogP contribution in [-0.4, -0.2) is 106 Å². The molecule has 4 aliphatic rings. The Labute approximate surface area is 355 Å². The lowest BCUT2D eigenvalue weighted by Gasteiger charge is -2.68. The summed E-state index contributed by atoms with van der Waals surface area (Å²) >= 11 is 0. The molecule has 3 aliphatic carbocycles. The number of esters is 3. The number of carbonyl (C=O) groups excluding carboxylic acids is 6. The first-order valence-electron chi connectivity index (χ1n) is 20.8. The van der Waals surface area contributed by atoms with Gasteiger partial charge in [0.2, 0.25) is 17.9 Å². The van der Waals surface area contributed by atoms with Gasteiger partial charge in [-0.25, -0.2) is 9.59 Å². The quantitative estimate of drug-likeness (QED) is 0.118. The second-order valence-corrected chi connectivity index (χ2v) is 18.2. The van der Waals surface area contributed by atoms with Crippen LogP contribution in [0.4, 0.5) is 0 Å². The monoisotopic (exact) mass is 846 g/mol. The van der Waals surface area contributed by atoms with Gasteiger partial charge in [-0.2, -0.15) is 0 Å². The fourth-order valence-electron chi connectivity index (χ4n) is 10.6. The number of hydrogen-bond donors (Lipinski definition) is 5. The van der Waals surface area contributed by atoms with E-state index in [1.54, 1.807) is 95.3 Å². The molecule has 0 spiro atoms. The first-order valence-corrected chi connectivity index (χ1v) is 20.8. The molecule has 0 aromatic heterocycles. The Balaban J connectivity index is 1.46. The fourth-order valence-corrected chi connectivity index (χ4v) is 10.6. The second kappa shape index (κ2) is 17.1. The van der Waals surface area contributed by atoms with Gasteiger partial charge in [0.1, 0.15) is 36.2 Å². The molecule has 12 atom stereocenters. The van der Waals surface area contributed by atoms with E-state index < -0.39 is 113 Å². The molecule has 330 valence electrons. The molecule has 1 saturated heterocycles. The van der Waals surface area contributed by atoms with E-state index in [-0.39, 0.29) is 37.2 Å². The Morgan fingerprint density at radius 1 is 0.967 bits per heavy atom. The molecule has 2 saturated carbocycles. The van der Waals surface area contributed by atoms with E-state index in [0.717, 1.165) is 0 Å². The van der Waals surface area contributed by atoms with E-state index in [4.69, 9.17) is 18.9 Å². The van der Waals surface area contributed by atoms with E-state index in [0.29, 0.717) is 16.7 Å². The molecule has 61 heavy (non-hydrogen) atoms. The van der Waals surface area contributed by atoms with Gasteiger partial charge in [0.15, 0.2) is 0 Å². The molecular formula is C46H58N2O13. The highest BCUT2D eigenvalue weighted by molar-refractivity contribution is 5.92. The number of amides is 2. The van der Waals surface area contributed by atoms with Gasteiger partial charge in [0, 0.05) is 42.4 Å². The highest BCUT2D eigenvalue weighted by Crippen LogP contribution is 2.66. The summed E-state index contributed by atoms with van der Waals surface area (Å²) < 4.78 is 24.5. The SMILES string of the molecule is CC(=O)N[C@@H](c1ccccc1)[C@@H](OC(=O)CNC(=O)CC(C)O)C(=O)O[C@H]1C[C@@]2(O)[C@@H](OC(=O)c3ccccc3)C3C(C)(C(=O)[C@H](C)C(=C1C)C2(C)C)[C@@H](O)CC1OC[C@]13C. The summed E-state index contributed by atoms with van der Waals surface area (Å²) in [4.78, 5) is 82.3. The molecule has 1 heterocycles. The zero-order chi connectivity index (χ0) is 44.8. The zero-order valence-corrected chi connectivity index (χ0v) is 35.9. The Morgan fingerprint density at radius 2 is 1.59 bits per heavy atom. The minimum Gasteiger partial charge on any atom is -0.455 e. The summed E-state index contributed by atoms with van der Waals surface area (Å²) in [5.74, 6) is -6.42. The standard InChI is InChI=1S/C46H58N2O13/c1-24(49)19-33(52)47-22-34(53)60-37(36(48-27(4)50)28-15-11-9-12-16-28)42(56)59-30-21-46(57)40(61-41(55)29-17-13-10-14-18-29)38-44(7)23-58-32(44)20-31(51)45(38,8)39(54)26(3)35(25(30)2)43(46,5)6/h9-18,24,26,30-32,36-38,40,49,51,57H,19-23H2,1-8H3,(H,47,52)(H,48,50)/t24?,26-,30+,31+,32?,36+,37-,38?,40+,44-,45?,46-/m1/s1. The van der Waals surface area contributed by atoms with Crippen LogP contribution in [-0.2, 0) is 42.9 Å². The number of rotatable bonds is 12. The van der Waals surface area contributed by atoms with Gasteiger partial charge in [0.25, 0.3) is 0 Å². The van der Waals surface area contributed by atoms with Crippen LogP contribution in [0.1, 0.15) is 96.6 Å². The van der Waals surface area contributed by atoms with Crippen molar-refractivity contribution >= 4 is 35.5 Å². The number of nitrogens with one attached hydrogen (secondary N) is 2. The zero-order valence-electron chi connectivity index (χ0n) is 35.9. The van der Waals surface area contributed by atoms with E-state index in [1.807, 2.05) is 6.92 Å². The molecule has 0 radical (unpaired) electrons. The average molecular weight is 847 g/mol. The minimum atomic E-state index is -2.07. The molecule has 3 fully saturated rings. The molecule has 5 N–H and O–H groups in total. The molecule has 2 amide bonds. The van der Waals surface area contributed by atoms with E-state index in [1.165, 1.54) is 13.8 Å². The third-order valence-electron chi connectivity index (χ3n) is 13.8. The minimum absolute atomic E-state index is 0.155. The van der Waals surface area contributed by atoms with Gasteiger partial charge in [-0.05, 0) is 49.6 Å². The van der Waals surface area contributed by atoms with Crippen molar-refractivity contribution in [3.63, 3.8) is 0 Å². The van der Waals surface area contributed by atoms with Crippen LogP contribution in [0.15, 0.2) is 71.8 Å². The maximum atomic E-state index is 15.2. The fraction of sp³-hybridized carbons (Fsp3) is 0.565. The summed E-state index contributed by atoms with van der Waals surface area (Å²) in [6.45, 7) is 12.6. The predicted octanol–water partition coefficient (Wildman–Crippen LogP) is 3.29. The van der Waals surface area contributed by atoms with Gasteiger partial charge >= 0.3 is 17.9 Å². The number of aliphatic hydroxyl groups excluding tert-OH is 2. The van der Waals surface area contributed by atoms with Crippen molar-refractivity contribution in [2.75, 3.05) is 13.2 Å². The first kappa shape index (κ1) is 45.6. The van der Waals surface area contributed by atoms with E-state index >= 15 is 4.79 Å². The van der Waals surface area contributed by atoms with Crippen LogP contribution < -0.4 is 10.6 Å². The van der Waals surface area contributed by atoms with Crippen LogP contribution >= 0.6 is 0 Å². The molecule has 15 heteroatoms. The number of ether oxygens (including phenoxy) is 4. The molecule has 6 rings (SSSR count). The highest BCUT2D eigenvalue weighted by atomic mass is 16.6. The smallest absolute Gasteiger partial charge is 0.350 e. The van der Waals surface area contributed by atoms with Crippen LogP contribution in [0.2, 0.25) is 0 Å². The Hall–Kier alpha value is -4.96. The first-order chi connectivity index (χ1) is 28.6. The van der Waals surface area contributed by atoms with Gasteiger partial charge in [-0.1, -0.05) is 76.2 Å². The third kappa shape index (κ3) is 8.13. The maximum Gasteiger partial charge on any atom is 0.350 e. The largest absolute Gasteiger partial charge is 0.455 e. The number of ketones is 1. The van der Waals surface area contributed by atoms with Crippen LogP contribution in [0.3, 0.4) is 0 Å². The van der Waals surface area contributed by atoms with Crippen molar-refractivity contribution in [1.29, 1.82) is 0 Å². The highest BCUT2D eigenvalue weighted by Gasteiger charge is 2.74. The Morgan fingerprint density at radius 3 is 2.16 bits per heavy atom. The number of aliphatic hydroxyl groups is 3. The topological polar surface area (TPSA) is 224 Å². The lowest BCUT2D eigenvalue weighted by molar-refractivity contribution is -0.312. The molecule has 1 aliphatic heterocycles.